The number of ether oxygens (including phenoxy) is 1. The molecule has 0 aromatic carbocycles. The van der Waals surface area contributed by atoms with Crippen LogP contribution in [0.3, 0.4) is 0 Å². The van der Waals surface area contributed by atoms with Crippen molar-refractivity contribution in [2.45, 2.75) is 232 Å². The van der Waals surface area contributed by atoms with Crippen LogP contribution in [-0.2, 0) is 14.3 Å². The Morgan fingerprint density at radius 1 is 0.429 bits per heavy atom. The molecule has 4 nitrogen and oxygen atoms in total. The Kier molecular flexibility index (Phi) is 33.6. The van der Waals surface area contributed by atoms with Crippen LogP contribution in [0.4, 0.5) is 0 Å². The first kappa shape index (κ1) is 40.9. The molecule has 0 aromatic rings. The zero-order valence-corrected chi connectivity index (χ0v) is 28.6. The van der Waals surface area contributed by atoms with Crippen LogP contribution in [0.5, 0.6) is 0 Å². The lowest BCUT2D eigenvalue weighted by Crippen LogP contribution is -2.19. The molecule has 1 atom stereocenters. The summed E-state index contributed by atoms with van der Waals surface area (Å²) in [7, 11) is 0. The number of esters is 1. The van der Waals surface area contributed by atoms with Gasteiger partial charge >= 0.3 is 11.9 Å². The molecule has 0 aromatic heterocycles. The van der Waals surface area contributed by atoms with Gasteiger partial charge in [0, 0.05) is 12.8 Å². The Morgan fingerprint density at radius 3 is 1.07 bits per heavy atom. The maximum Gasteiger partial charge on any atom is 0.306 e. The number of unbranched alkanes of at least 4 members (excludes halogenated alkanes) is 27. The second kappa shape index (κ2) is 34.4. The molecule has 0 saturated heterocycles. The minimum Gasteiger partial charge on any atom is -0.481 e. The fourth-order valence-corrected chi connectivity index (χ4v) is 6.00. The van der Waals surface area contributed by atoms with Crippen molar-refractivity contribution in [3.8, 4) is 0 Å². The highest BCUT2D eigenvalue weighted by Gasteiger charge is 2.16. The molecule has 0 spiro atoms. The molecule has 0 saturated carbocycles. The van der Waals surface area contributed by atoms with Gasteiger partial charge in [-0.25, -0.2) is 0 Å². The van der Waals surface area contributed by atoms with Crippen molar-refractivity contribution in [2.75, 3.05) is 0 Å². The SMILES string of the molecule is CCCCCCCCCCCCCCCCCCC(CCC(=O)O)OC(=O)CCCCCCCCCCCCCCC. The summed E-state index contributed by atoms with van der Waals surface area (Å²) in [4.78, 5) is 23.5. The summed E-state index contributed by atoms with van der Waals surface area (Å²) < 4.78 is 5.73. The second-order valence-corrected chi connectivity index (χ2v) is 13.1. The molecule has 42 heavy (non-hydrogen) atoms. The van der Waals surface area contributed by atoms with Crippen molar-refractivity contribution in [3.05, 3.63) is 0 Å². The lowest BCUT2D eigenvalue weighted by molar-refractivity contribution is -0.151. The predicted octanol–water partition coefficient (Wildman–Crippen LogP) is 12.9. The van der Waals surface area contributed by atoms with Crippen LogP contribution in [-0.4, -0.2) is 23.1 Å². The van der Waals surface area contributed by atoms with Crippen molar-refractivity contribution in [3.63, 3.8) is 0 Å². The smallest absolute Gasteiger partial charge is 0.306 e. The maximum atomic E-state index is 12.4. The fraction of sp³-hybridized carbons (Fsp3) is 0.947. The first-order valence-corrected chi connectivity index (χ1v) is 19.0. The summed E-state index contributed by atoms with van der Waals surface area (Å²) in [5.74, 6) is -0.940. The summed E-state index contributed by atoms with van der Waals surface area (Å²) >= 11 is 0. The van der Waals surface area contributed by atoms with Gasteiger partial charge < -0.3 is 9.84 Å². The highest BCUT2D eigenvalue weighted by atomic mass is 16.5. The third kappa shape index (κ3) is 33.4. The highest BCUT2D eigenvalue weighted by Crippen LogP contribution is 2.18. The third-order valence-corrected chi connectivity index (χ3v) is 8.84. The standard InChI is InChI=1S/C38H74O4/c1-3-5-7-9-11-13-15-17-18-19-21-22-24-26-28-30-32-36(34-35-37(39)40)42-38(41)33-31-29-27-25-23-20-16-14-12-10-8-6-4-2/h36H,3-35H2,1-2H3,(H,39,40). The molecule has 1 N–H and O–H groups in total. The molecule has 250 valence electrons. The summed E-state index contributed by atoms with van der Waals surface area (Å²) in [5, 5.41) is 9.10. The topological polar surface area (TPSA) is 63.6 Å². The molecule has 4 heteroatoms. The molecule has 0 radical (unpaired) electrons. The second-order valence-electron chi connectivity index (χ2n) is 13.1. The van der Waals surface area contributed by atoms with E-state index in [-0.39, 0.29) is 18.5 Å². The zero-order chi connectivity index (χ0) is 30.8. The Balaban J connectivity index is 3.69. The molecule has 0 heterocycles. The van der Waals surface area contributed by atoms with Gasteiger partial charge in [-0.3, -0.25) is 9.59 Å². The van der Waals surface area contributed by atoms with E-state index in [0.29, 0.717) is 12.8 Å². The predicted molar refractivity (Wildman–Crippen MR) is 181 cm³/mol. The zero-order valence-electron chi connectivity index (χ0n) is 28.6. The van der Waals surface area contributed by atoms with E-state index in [9.17, 15) is 9.59 Å². The van der Waals surface area contributed by atoms with E-state index < -0.39 is 5.97 Å². The van der Waals surface area contributed by atoms with Crippen LogP contribution >= 0.6 is 0 Å². The van der Waals surface area contributed by atoms with Crippen molar-refractivity contribution in [1.29, 1.82) is 0 Å². The van der Waals surface area contributed by atoms with Gasteiger partial charge in [0.2, 0.25) is 0 Å². The Hall–Kier alpha value is -1.06. The summed E-state index contributed by atoms with van der Waals surface area (Å²) in [6.07, 6.45) is 39.7. The van der Waals surface area contributed by atoms with Gasteiger partial charge in [-0.05, 0) is 25.7 Å². The normalized spacial score (nSPS) is 12.0. The maximum absolute atomic E-state index is 12.4. The van der Waals surface area contributed by atoms with Crippen LogP contribution in [0, 0.1) is 0 Å². The minimum atomic E-state index is -0.806. The molecule has 0 bridgehead atoms. The quantitative estimate of drug-likeness (QED) is 0.0585. The number of aliphatic carboxylic acids is 1. The van der Waals surface area contributed by atoms with Crippen molar-refractivity contribution >= 4 is 11.9 Å². The van der Waals surface area contributed by atoms with Crippen molar-refractivity contribution < 1.29 is 19.4 Å². The van der Waals surface area contributed by atoms with E-state index in [0.717, 1.165) is 32.1 Å². The largest absolute Gasteiger partial charge is 0.481 e. The van der Waals surface area contributed by atoms with Crippen LogP contribution in [0.25, 0.3) is 0 Å². The molecule has 0 rings (SSSR count). The van der Waals surface area contributed by atoms with Crippen LogP contribution in [0.15, 0.2) is 0 Å². The Labute approximate surface area is 262 Å². The third-order valence-electron chi connectivity index (χ3n) is 8.84. The van der Waals surface area contributed by atoms with Crippen LogP contribution < -0.4 is 0 Å². The molecule has 0 aliphatic heterocycles. The molecule has 0 fully saturated rings. The fourth-order valence-electron chi connectivity index (χ4n) is 6.00. The molecular weight excluding hydrogens is 520 g/mol. The van der Waals surface area contributed by atoms with E-state index in [1.165, 1.54) is 161 Å². The monoisotopic (exact) mass is 595 g/mol. The lowest BCUT2D eigenvalue weighted by atomic mass is 10.0. The first-order valence-electron chi connectivity index (χ1n) is 19.0. The minimum absolute atomic E-state index is 0.0789. The summed E-state index contributed by atoms with van der Waals surface area (Å²) in [5.41, 5.74) is 0. The van der Waals surface area contributed by atoms with Gasteiger partial charge in [0.25, 0.3) is 0 Å². The first-order chi connectivity index (χ1) is 20.6. The van der Waals surface area contributed by atoms with Gasteiger partial charge in [-0.15, -0.1) is 0 Å². The average molecular weight is 595 g/mol. The number of carbonyl (C=O) groups excluding carboxylic acids is 1. The number of hydrogen-bond donors (Lipinski definition) is 1. The van der Waals surface area contributed by atoms with Crippen LogP contribution in [0.2, 0.25) is 0 Å². The number of carboxylic acid groups (broad SMARTS) is 1. The Morgan fingerprint density at radius 2 is 0.738 bits per heavy atom. The number of hydrogen-bond acceptors (Lipinski definition) is 3. The Bertz CT molecular complexity index is 561. The van der Waals surface area contributed by atoms with E-state index in [1.807, 2.05) is 0 Å². The number of carboxylic acids is 1. The molecule has 0 aliphatic rings. The lowest BCUT2D eigenvalue weighted by Gasteiger charge is -2.17. The number of rotatable bonds is 35. The van der Waals surface area contributed by atoms with Crippen LogP contribution in [0.1, 0.15) is 226 Å². The number of carbonyl (C=O) groups is 2. The van der Waals surface area contributed by atoms with Gasteiger partial charge in [0.05, 0.1) is 0 Å². The van der Waals surface area contributed by atoms with Gasteiger partial charge in [-0.1, -0.05) is 187 Å². The summed E-state index contributed by atoms with van der Waals surface area (Å²) in [6, 6.07) is 0. The molecule has 1 unspecified atom stereocenters. The van der Waals surface area contributed by atoms with E-state index in [1.54, 1.807) is 0 Å². The molecule has 0 amide bonds. The summed E-state index contributed by atoms with van der Waals surface area (Å²) in [6.45, 7) is 4.55. The molecular formula is C38H74O4. The van der Waals surface area contributed by atoms with Crippen molar-refractivity contribution in [2.24, 2.45) is 0 Å². The molecule has 0 aliphatic carbocycles. The van der Waals surface area contributed by atoms with E-state index >= 15 is 0 Å². The highest BCUT2D eigenvalue weighted by molar-refractivity contribution is 5.69. The van der Waals surface area contributed by atoms with Gasteiger partial charge in [0.1, 0.15) is 6.10 Å². The van der Waals surface area contributed by atoms with Gasteiger partial charge in [0.15, 0.2) is 0 Å². The van der Waals surface area contributed by atoms with Gasteiger partial charge in [-0.2, -0.15) is 0 Å². The average Bonchev–Trinajstić information content (AvgIpc) is 2.97. The van der Waals surface area contributed by atoms with E-state index in [4.69, 9.17) is 9.84 Å². The van der Waals surface area contributed by atoms with E-state index in [2.05, 4.69) is 13.8 Å². The van der Waals surface area contributed by atoms with Crippen molar-refractivity contribution in [1.82, 2.24) is 0 Å².